The van der Waals surface area contributed by atoms with Gasteiger partial charge in [-0.3, -0.25) is 4.57 Å². The molecule has 0 unspecified atom stereocenters. The van der Waals surface area contributed by atoms with Crippen LogP contribution in [-0.2, 0) is 10.5 Å². The molecule has 22 heavy (non-hydrogen) atoms. The monoisotopic (exact) mass is 310 g/mol. The van der Waals surface area contributed by atoms with Gasteiger partial charge in [-0.05, 0) is 19.9 Å². The number of aromatic nitrogens is 2. The molecule has 1 aromatic heterocycles. The Morgan fingerprint density at radius 3 is 2.73 bits per heavy atom. The Balaban J connectivity index is 2.45. The summed E-state index contributed by atoms with van der Waals surface area (Å²) in [4.78, 5) is 15.9. The van der Waals surface area contributed by atoms with Gasteiger partial charge in [-0.2, -0.15) is 10.2 Å². The summed E-state index contributed by atoms with van der Waals surface area (Å²) in [6.07, 6.45) is -3.11. The van der Waals surface area contributed by atoms with Crippen molar-refractivity contribution in [3.63, 3.8) is 0 Å². The van der Waals surface area contributed by atoms with Gasteiger partial charge in [-0.15, -0.1) is 0 Å². The van der Waals surface area contributed by atoms with Crippen LogP contribution in [0.5, 0.6) is 0 Å². The fraction of sp³-hybridized carbons (Fsp3) is 0.615. The molecule has 4 N–H and O–H groups in total. The van der Waals surface area contributed by atoms with Crippen molar-refractivity contribution in [2.24, 2.45) is 0 Å². The van der Waals surface area contributed by atoms with Crippen LogP contribution in [0, 0.1) is 11.3 Å². The highest BCUT2D eigenvalue weighted by Gasteiger charge is 2.56. The number of aliphatic hydroxyl groups excluding tert-OH is 3. The largest absolute Gasteiger partial charge is 0.394 e. The SMILES string of the molecule is CC(C)Nc1ccn([C@]2(C#N)O[C@H](CO)[C@@H](O)[C@H]2O)c(=O)n1. The summed E-state index contributed by atoms with van der Waals surface area (Å²) in [6.45, 7) is 3.14. The Kier molecular flexibility index (Phi) is 4.48. The molecule has 0 radical (unpaired) electrons. The molecule has 0 aromatic carbocycles. The van der Waals surface area contributed by atoms with E-state index < -0.39 is 36.3 Å². The molecule has 1 aliphatic rings. The van der Waals surface area contributed by atoms with E-state index in [1.54, 1.807) is 6.07 Å². The van der Waals surface area contributed by atoms with Gasteiger partial charge in [0, 0.05) is 12.2 Å². The molecule has 1 saturated heterocycles. The second-order valence-electron chi connectivity index (χ2n) is 5.35. The van der Waals surface area contributed by atoms with Crippen LogP contribution in [0.15, 0.2) is 17.1 Å². The van der Waals surface area contributed by atoms with Crippen LogP contribution >= 0.6 is 0 Å². The van der Waals surface area contributed by atoms with E-state index in [4.69, 9.17) is 9.84 Å². The van der Waals surface area contributed by atoms with Gasteiger partial charge in [0.2, 0.25) is 0 Å². The van der Waals surface area contributed by atoms with Crippen molar-refractivity contribution >= 4 is 5.82 Å². The van der Waals surface area contributed by atoms with Gasteiger partial charge < -0.3 is 25.4 Å². The maximum absolute atomic E-state index is 12.1. The zero-order valence-electron chi connectivity index (χ0n) is 12.2. The van der Waals surface area contributed by atoms with Crippen LogP contribution in [0.25, 0.3) is 0 Å². The normalized spacial score (nSPS) is 31.2. The molecular formula is C13H18N4O5. The van der Waals surface area contributed by atoms with Crippen molar-refractivity contribution in [3.8, 4) is 6.07 Å². The van der Waals surface area contributed by atoms with Crippen LogP contribution in [0.3, 0.4) is 0 Å². The molecule has 0 amide bonds. The Morgan fingerprint density at radius 1 is 1.59 bits per heavy atom. The molecule has 9 nitrogen and oxygen atoms in total. The third-order valence-electron chi connectivity index (χ3n) is 3.37. The fourth-order valence-electron chi connectivity index (χ4n) is 2.33. The van der Waals surface area contributed by atoms with E-state index >= 15 is 0 Å². The lowest BCUT2D eigenvalue weighted by molar-refractivity contribution is -0.109. The zero-order chi connectivity index (χ0) is 16.5. The number of rotatable bonds is 4. The first kappa shape index (κ1) is 16.4. The van der Waals surface area contributed by atoms with Gasteiger partial charge in [0.25, 0.3) is 5.72 Å². The van der Waals surface area contributed by atoms with Crippen molar-refractivity contribution in [1.29, 1.82) is 5.26 Å². The van der Waals surface area contributed by atoms with Gasteiger partial charge >= 0.3 is 5.69 Å². The minimum absolute atomic E-state index is 0.0570. The summed E-state index contributed by atoms with van der Waals surface area (Å²) in [5.74, 6) is 0.316. The summed E-state index contributed by atoms with van der Waals surface area (Å²) in [7, 11) is 0. The molecule has 4 atom stereocenters. The van der Waals surface area contributed by atoms with E-state index in [9.17, 15) is 20.3 Å². The molecule has 2 rings (SSSR count). The lowest BCUT2D eigenvalue weighted by atomic mass is 10.0. The van der Waals surface area contributed by atoms with E-state index in [2.05, 4.69) is 10.3 Å². The van der Waals surface area contributed by atoms with E-state index in [1.807, 2.05) is 13.8 Å². The summed E-state index contributed by atoms with van der Waals surface area (Å²) in [5.41, 5.74) is -2.95. The maximum Gasteiger partial charge on any atom is 0.352 e. The third-order valence-corrected chi connectivity index (χ3v) is 3.37. The second kappa shape index (κ2) is 6.02. The van der Waals surface area contributed by atoms with Crippen LogP contribution in [0.1, 0.15) is 13.8 Å². The number of nitriles is 1. The second-order valence-corrected chi connectivity index (χ2v) is 5.35. The molecular weight excluding hydrogens is 292 g/mol. The molecule has 1 aliphatic heterocycles. The van der Waals surface area contributed by atoms with Gasteiger partial charge in [0.15, 0.2) is 0 Å². The van der Waals surface area contributed by atoms with Crippen LogP contribution in [-0.4, -0.2) is 55.8 Å². The number of nitrogens with one attached hydrogen (secondary N) is 1. The van der Waals surface area contributed by atoms with Gasteiger partial charge in [0.05, 0.1) is 6.61 Å². The molecule has 0 spiro atoms. The predicted octanol–water partition coefficient (Wildman–Crippen LogP) is -1.65. The van der Waals surface area contributed by atoms with Crippen molar-refractivity contribution in [2.45, 2.75) is 43.9 Å². The van der Waals surface area contributed by atoms with E-state index in [0.717, 1.165) is 4.57 Å². The lowest BCUT2D eigenvalue weighted by Crippen LogP contribution is -2.49. The van der Waals surface area contributed by atoms with E-state index in [0.29, 0.717) is 5.82 Å². The van der Waals surface area contributed by atoms with Crippen LogP contribution in [0.2, 0.25) is 0 Å². The molecule has 0 aliphatic carbocycles. The number of hydrogen-bond donors (Lipinski definition) is 4. The van der Waals surface area contributed by atoms with Crippen molar-refractivity contribution in [2.75, 3.05) is 11.9 Å². The quantitative estimate of drug-likeness (QED) is 0.518. The minimum atomic E-state index is -2.13. The van der Waals surface area contributed by atoms with Crippen LogP contribution in [0.4, 0.5) is 5.82 Å². The fourth-order valence-corrected chi connectivity index (χ4v) is 2.33. The maximum atomic E-state index is 12.1. The molecule has 120 valence electrons. The Labute approximate surface area is 126 Å². The average Bonchev–Trinajstić information content (AvgIpc) is 2.72. The highest BCUT2D eigenvalue weighted by Crippen LogP contribution is 2.34. The molecule has 0 saturated carbocycles. The smallest absolute Gasteiger partial charge is 0.352 e. The number of ether oxygens (including phenoxy) is 1. The topological polar surface area (TPSA) is 141 Å². The van der Waals surface area contributed by atoms with Gasteiger partial charge in [0.1, 0.15) is 30.2 Å². The van der Waals surface area contributed by atoms with E-state index in [1.165, 1.54) is 12.3 Å². The molecule has 0 bridgehead atoms. The summed E-state index contributed by atoms with van der Waals surface area (Å²) in [5, 5.41) is 41.3. The number of nitrogens with zero attached hydrogens (tertiary/aromatic N) is 3. The van der Waals surface area contributed by atoms with E-state index in [-0.39, 0.29) is 6.04 Å². The summed E-state index contributed by atoms with van der Waals surface area (Å²) < 4.78 is 6.06. The summed E-state index contributed by atoms with van der Waals surface area (Å²) in [6, 6.07) is 3.21. The predicted molar refractivity (Wildman–Crippen MR) is 74.8 cm³/mol. The Bertz CT molecular complexity index is 640. The zero-order valence-corrected chi connectivity index (χ0v) is 12.2. The lowest BCUT2D eigenvalue weighted by Gasteiger charge is -2.26. The average molecular weight is 310 g/mol. The first-order chi connectivity index (χ1) is 10.4. The summed E-state index contributed by atoms with van der Waals surface area (Å²) >= 11 is 0. The van der Waals surface area contributed by atoms with Crippen molar-refractivity contribution in [1.82, 2.24) is 9.55 Å². The Hall–Kier alpha value is -1.99. The molecule has 1 fully saturated rings. The molecule has 1 aromatic rings. The van der Waals surface area contributed by atoms with Gasteiger partial charge in [-0.25, -0.2) is 4.79 Å². The number of aliphatic hydroxyl groups is 3. The molecule has 2 heterocycles. The number of hydrogen-bond acceptors (Lipinski definition) is 8. The highest BCUT2D eigenvalue weighted by molar-refractivity contribution is 5.33. The number of anilines is 1. The van der Waals surface area contributed by atoms with Crippen molar-refractivity contribution < 1.29 is 20.1 Å². The standard InChI is InChI=1S/C13H18N4O5/c1-7(2)15-9-3-4-17(12(21)16-9)13(6-14)11(20)10(19)8(5-18)22-13/h3-4,7-8,10-11,18-20H,5H2,1-2H3,(H,15,16,21)/t8-,10-,11-,13-/m1/s1. The minimum Gasteiger partial charge on any atom is -0.394 e. The first-order valence-corrected chi connectivity index (χ1v) is 6.78. The first-order valence-electron chi connectivity index (χ1n) is 6.78. The Morgan fingerprint density at radius 2 is 2.27 bits per heavy atom. The highest BCUT2D eigenvalue weighted by atomic mass is 16.6. The van der Waals surface area contributed by atoms with Crippen LogP contribution < -0.4 is 11.0 Å². The van der Waals surface area contributed by atoms with Gasteiger partial charge in [-0.1, -0.05) is 0 Å². The molecule has 9 heteroatoms. The van der Waals surface area contributed by atoms with Crippen molar-refractivity contribution in [3.05, 3.63) is 22.7 Å². The third kappa shape index (κ3) is 2.57.